The van der Waals surface area contributed by atoms with Gasteiger partial charge in [-0.15, -0.1) is 12.4 Å². The number of anilines is 1. The van der Waals surface area contributed by atoms with Crippen LogP contribution in [0.4, 0.5) is 5.69 Å². The normalized spacial score (nSPS) is 19.7. The highest BCUT2D eigenvalue weighted by Gasteiger charge is 2.30. The fourth-order valence-corrected chi connectivity index (χ4v) is 2.45. The maximum atomic E-state index is 12.2. The molecule has 0 unspecified atom stereocenters. The molecule has 23 heavy (non-hydrogen) atoms. The first kappa shape index (κ1) is 19.3. The lowest BCUT2D eigenvalue weighted by atomic mass is 10.2. The van der Waals surface area contributed by atoms with Crippen LogP contribution in [0.1, 0.15) is 12.8 Å². The van der Waals surface area contributed by atoms with Gasteiger partial charge in [0.15, 0.2) is 11.5 Å². The van der Waals surface area contributed by atoms with Crippen LogP contribution in [0.3, 0.4) is 0 Å². The predicted octanol–water partition coefficient (Wildman–Crippen LogP) is 1.58. The van der Waals surface area contributed by atoms with E-state index >= 15 is 0 Å². The third kappa shape index (κ3) is 4.40. The Kier molecular flexibility index (Phi) is 7.41. The van der Waals surface area contributed by atoms with Gasteiger partial charge >= 0.3 is 0 Å². The maximum Gasteiger partial charge on any atom is 0.253 e. The van der Waals surface area contributed by atoms with Gasteiger partial charge in [-0.3, -0.25) is 4.79 Å². The zero-order valence-corrected chi connectivity index (χ0v) is 14.3. The number of hydrogen-bond acceptors (Lipinski definition) is 6. The molecule has 3 N–H and O–H groups in total. The summed E-state index contributed by atoms with van der Waals surface area (Å²) in [6.07, 6.45) is 0.936. The van der Waals surface area contributed by atoms with E-state index in [0.717, 1.165) is 6.42 Å². The number of amides is 1. The highest BCUT2D eigenvalue weighted by Crippen LogP contribution is 2.40. The van der Waals surface area contributed by atoms with Gasteiger partial charge in [0.2, 0.25) is 5.75 Å². The van der Waals surface area contributed by atoms with Gasteiger partial charge in [0.05, 0.1) is 27.4 Å². The Bertz CT molecular complexity index is 516. The molecule has 1 aromatic carbocycles. The summed E-state index contributed by atoms with van der Waals surface area (Å²) in [6.45, 7) is 0.425. The summed E-state index contributed by atoms with van der Waals surface area (Å²) >= 11 is 0. The van der Waals surface area contributed by atoms with E-state index in [-0.39, 0.29) is 24.4 Å². The van der Waals surface area contributed by atoms with E-state index in [2.05, 4.69) is 5.32 Å². The molecule has 8 heteroatoms. The number of methoxy groups -OCH3 is 3. The van der Waals surface area contributed by atoms with Crippen molar-refractivity contribution in [3.63, 3.8) is 0 Å². The largest absolute Gasteiger partial charge is 0.493 e. The molecule has 1 aliphatic rings. The third-order valence-corrected chi connectivity index (χ3v) is 3.60. The molecule has 0 radical (unpaired) electrons. The fraction of sp³-hybridized carbons (Fsp3) is 0.533. The van der Waals surface area contributed by atoms with Gasteiger partial charge in [-0.2, -0.15) is 0 Å². The second-order valence-electron chi connectivity index (χ2n) is 4.96. The van der Waals surface area contributed by atoms with Crippen LogP contribution in [-0.2, 0) is 9.53 Å². The average molecular weight is 347 g/mol. The van der Waals surface area contributed by atoms with Crippen LogP contribution in [0.25, 0.3) is 0 Å². The molecule has 1 saturated heterocycles. The standard InChI is InChI=1S/C15H22N2O5.ClH/c1-19-12-6-9(7-13(20-2)14(12)21-3)17-15(18)11-5-4-10(8-16)22-11;/h6-7,10-11H,4-5,8,16H2,1-3H3,(H,17,18);1H/t10-,11+;/m1./s1. The van der Waals surface area contributed by atoms with Crippen molar-refractivity contribution >= 4 is 24.0 Å². The summed E-state index contributed by atoms with van der Waals surface area (Å²) in [5, 5.41) is 2.81. The first-order chi connectivity index (χ1) is 10.6. The van der Waals surface area contributed by atoms with Gasteiger partial charge in [-0.1, -0.05) is 0 Å². The molecule has 2 rings (SSSR count). The minimum Gasteiger partial charge on any atom is -0.493 e. The van der Waals surface area contributed by atoms with Crippen LogP contribution in [0.5, 0.6) is 17.2 Å². The van der Waals surface area contributed by atoms with Gasteiger partial charge in [0.25, 0.3) is 5.91 Å². The van der Waals surface area contributed by atoms with E-state index in [1.54, 1.807) is 12.1 Å². The first-order valence-electron chi connectivity index (χ1n) is 7.09. The second kappa shape index (κ2) is 8.81. The Morgan fingerprint density at radius 1 is 1.22 bits per heavy atom. The summed E-state index contributed by atoms with van der Waals surface area (Å²) in [5.74, 6) is 1.22. The van der Waals surface area contributed by atoms with E-state index in [1.165, 1.54) is 21.3 Å². The molecule has 7 nitrogen and oxygen atoms in total. The monoisotopic (exact) mass is 346 g/mol. The highest BCUT2D eigenvalue weighted by atomic mass is 35.5. The van der Waals surface area contributed by atoms with E-state index in [1.807, 2.05) is 0 Å². The summed E-state index contributed by atoms with van der Waals surface area (Å²) in [4.78, 5) is 12.2. The molecule has 1 fully saturated rings. The van der Waals surface area contributed by atoms with Crippen LogP contribution in [0, 0.1) is 0 Å². The molecule has 1 heterocycles. The molecule has 2 atom stereocenters. The molecule has 0 saturated carbocycles. The lowest BCUT2D eigenvalue weighted by Gasteiger charge is -2.16. The van der Waals surface area contributed by atoms with Crippen molar-refractivity contribution in [2.45, 2.75) is 25.0 Å². The number of nitrogens with one attached hydrogen (secondary N) is 1. The summed E-state index contributed by atoms with van der Waals surface area (Å²) in [6, 6.07) is 3.35. The molecule has 0 bridgehead atoms. The molecule has 0 aliphatic carbocycles. The van der Waals surface area contributed by atoms with Crippen LogP contribution in [-0.4, -0.2) is 46.0 Å². The lowest BCUT2D eigenvalue weighted by Crippen LogP contribution is -2.29. The Morgan fingerprint density at radius 3 is 2.26 bits per heavy atom. The van der Waals surface area contributed by atoms with Crippen LogP contribution in [0.2, 0.25) is 0 Å². The van der Waals surface area contributed by atoms with Crippen molar-refractivity contribution in [2.24, 2.45) is 5.73 Å². The molecule has 0 spiro atoms. The van der Waals surface area contributed by atoms with Gasteiger partial charge < -0.3 is 30.0 Å². The molecule has 1 amide bonds. The minimum atomic E-state index is -0.479. The van der Waals surface area contributed by atoms with Gasteiger partial charge in [0, 0.05) is 24.4 Å². The van der Waals surface area contributed by atoms with Gasteiger partial charge in [-0.25, -0.2) is 0 Å². The number of benzene rings is 1. The number of ether oxygens (including phenoxy) is 4. The molecule has 0 aromatic heterocycles. The molecular weight excluding hydrogens is 324 g/mol. The zero-order valence-electron chi connectivity index (χ0n) is 13.5. The van der Waals surface area contributed by atoms with Crippen molar-refractivity contribution in [2.75, 3.05) is 33.2 Å². The Balaban J connectivity index is 0.00000264. The molecule has 1 aromatic rings. The van der Waals surface area contributed by atoms with Crippen LogP contribution >= 0.6 is 12.4 Å². The maximum absolute atomic E-state index is 12.2. The lowest BCUT2D eigenvalue weighted by molar-refractivity contribution is -0.126. The Hall–Kier alpha value is -1.70. The SMILES string of the molecule is COc1cc(NC(=O)[C@@H]2CC[C@H](CN)O2)cc(OC)c1OC.Cl. The van der Waals surface area contributed by atoms with E-state index in [0.29, 0.717) is 35.9 Å². The molecule has 1 aliphatic heterocycles. The number of carbonyl (C=O) groups excluding carboxylic acids is 1. The molecule has 130 valence electrons. The smallest absolute Gasteiger partial charge is 0.253 e. The second-order valence-corrected chi connectivity index (χ2v) is 4.96. The Labute approximate surface area is 141 Å². The Morgan fingerprint density at radius 2 is 1.83 bits per heavy atom. The quantitative estimate of drug-likeness (QED) is 0.812. The zero-order chi connectivity index (χ0) is 16.1. The number of nitrogens with two attached hydrogens (primary N) is 1. The average Bonchev–Trinajstić information content (AvgIpc) is 3.03. The summed E-state index contributed by atoms with van der Waals surface area (Å²) < 4.78 is 21.3. The van der Waals surface area contributed by atoms with Crippen molar-refractivity contribution in [1.29, 1.82) is 0 Å². The number of hydrogen-bond donors (Lipinski definition) is 2. The predicted molar refractivity (Wildman–Crippen MR) is 88.9 cm³/mol. The number of carbonyl (C=O) groups is 1. The van der Waals surface area contributed by atoms with Crippen molar-refractivity contribution < 1.29 is 23.7 Å². The summed E-state index contributed by atoms with van der Waals surface area (Å²) in [5.41, 5.74) is 6.11. The van der Waals surface area contributed by atoms with Crippen molar-refractivity contribution in [3.05, 3.63) is 12.1 Å². The number of rotatable bonds is 6. The first-order valence-corrected chi connectivity index (χ1v) is 7.09. The third-order valence-electron chi connectivity index (χ3n) is 3.60. The van der Waals surface area contributed by atoms with Gasteiger partial charge in [-0.05, 0) is 12.8 Å². The van der Waals surface area contributed by atoms with Gasteiger partial charge in [0.1, 0.15) is 6.10 Å². The molecular formula is C15H23ClN2O5. The number of halogens is 1. The fourth-order valence-electron chi connectivity index (χ4n) is 2.45. The van der Waals surface area contributed by atoms with E-state index in [4.69, 9.17) is 24.7 Å². The summed E-state index contributed by atoms with van der Waals surface area (Å²) in [7, 11) is 4.57. The highest BCUT2D eigenvalue weighted by molar-refractivity contribution is 5.95. The topological polar surface area (TPSA) is 92.0 Å². The van der Waals surface area contributed by atoms with E-state index in [9.17, 15) is 4.79 Å². The van der Waals surface area contributed by atoms with Crippen molar-refractivity contribution in [1.82, 2.24) is 0 Å². The van der Waals surface area contributed by atoms with E-state index < -0.39 is 6.10 Å². The van der Waals surface area contributed by atoms with Crippen LogP contribution in [0.15, 0.2) is 12.1 Å². The van der Waals surface area contributed by atoms with Crippen molar-refractivity contribution in [3.8, 4) is 17.2 Å². The minimum absolute atomic E-state index is 0. The van der Waals surface area contributed by atoms with Crippen LogP contribution < -0.4 is 25.3 Å².